The largest absolute Gasteiger partial charge is 0.456 e. The van der Waals surface area contributed by atoms with Crippen LogP contribution >= 0.6 is 0 Å². The minimum atomic E-state index is 0.526. The van der Waals surface area contributed by atoms with Gasteiger partial charge in [-0.15, -0.1) is 0 Å². The van der Waals surface area contributed by atoms with Crippen molar-refractivity contribution in [1.29, 1.82) is 0 Å². The van der Waals surface area contributed by atoms with Gasteiger partial charge in [-0.2, -0.15) is 0 Å². The quantitative estimate of drug-likeness (QED) is 0.421. The van der Waals surface area contributed by atoms with Gasteiger partial charge in [0, 0.05) is 16.5 Å². The molecule has 0 radical (unpaired) electrons. The van der Waals surface area contributed by atoms with Crippen molar-refractivity contribution >= 4 is 11.0 Å². The van der Waals surface area contributed by atoms with Crippen LogP contribution in [0.5, 0.6) is 0 Å². The Morgan fingerprint density at radius 3 is 2.69 bits per heavy atom. The fraction of sp³-hybridized carbons (Fsp3) is 0.200. The predicted molar refractivity (Wildman–Crippen MR) is 110 cm³/mol. The summed E-state index contributed by atoms with van der Waals surface area (Å²) in [5.74, 6) is 1.60. The van der Waals surface area contributed by atoms with E-state index in [9.17, 15) is 0 Å². The van der Waals surface area contributed by atoms with E-state index in [1.165, 1.54) is 27.6 Å². The third kappa shape index (κ3) is 3.17. The lowest BCUT2D eigenvalue weighted by atomic mass is 9.82. The highest BCUT2D eigenvalue weighted by molar-refractivity contribution is 5.90. The highest BCUT2D eigenvalue weighted by Crippen LogP contribution is 2.44. The molecule has 0 aliphatic heterocycles. The minimum absolute atomic E-state index is 0.526. The third-order valence-corrected chi connectivity index (χ3v) is 5.06. The van der Waals surface area contributed by atoms with Crippen LogP contribution in [0.2, 0.25) is 0 Å². The molecule has 0 saturated carbocycles. The Kier molecular flexibility index (Phi) is 4.62. The summed E-state index contributed by atoms with van der Waals surface area (Å²) in [4.78, 5) is 0. The molecule has 0 fully saturated rings. The van der Waals surface area contributed by atoms with Crippen molar-refractivity contribution < 1.29 is 4.42 Å². The van der Waals surface area contributed by atoms with Gasteiger partial charge in [0.05, 0.1) is 0 Å². The van der Waals surface area contributed by atoms with Crippen molar-refractivity contribution in [3.8, 4) is 11.3 Å². The average molecular weight is 340 g/mol. The molecule has 0 amide bonds. The van der Waals surface area contributed by atoms with E-state index in [1.807, 2.05) is 6.07 Å². The summed E-state index contributed by atoms with van der Waals surface area (Å²) < 4.78 is 6.09. The molecule has 1 atom stereocenters. The first-order chi connectivity index (χ1) is 12.7. The molecule has 1 aromatic heterocycles. The zero-order valence-corrected chi connectivity index (χ0v) is 15.4. The summed E-state index contributed by atoms with van der Waals surface area (Å²) in [6, 6.07) is 16.9. The molecule has 26 heavy (non-hydrogen) atoms. The van der Waals surface area contributed by atoms with Crippen LogP contribution in [-0.4, -0.2) is 0 Å². The molecule has 0 bridgehead atoms. The topological polar surface area (TPSA) is 13.1 Å². The van der Waals surface area contributed by atoms with Crippen molar-refractivity contribution in [2.45, 2.75) is 32.6 Å². The highest BCUT2D eigenvalue weighted by atomic mass is 16.3. The first-order valence-corrected chi connectivity index (χ1v) is 9.33. The lowest BCUT2D eigenvalue weighted by Gasteiger charge is -2.20. The fourth-order valence-corrected chi connectivity index (χ4v) is 3.79. The van der Waals surface area contributed by atoms with Crippen molar-refractivity contribution in [2.75, 3.05) is 0 Å². The molecule has 5 rings (SSSR count). The molecule has 3 aromatic rings. The molecule has 1 heteroatoms. The molecule has 1 heterocycles. The van der Waals surface area contributed by atoms with E-state index in [0.29, 0.717) is 5.92 Å². The average Bonchev–Trinajstić information content (AvgIpc) is 2.90. The van der Waals surface area contributed by atoms with Crippen LogP contribution in [0, 0.1) is 0 Å². The summed E-state index contributed by atoms with van der Waals surface area (Å²) >= 11 is 0. The molecular weight excluding hydrogens is 316 g/mol. The Labute approximate surface area is 155 Å². The number of rotatable bonds is 0. The summed E-state index contributed by atoms with van der Waals surface area (Å²) in [6.45, 7) is 4.39. The van der Waals surface area contributed by atoms with Gasteiger partial charge in [-0.1, -0.05) is 85.3 Å². The first kappa shape index (κ1) is 16.7. The van der Waals surface area contributed by atoms with Crippen molar-refractivity contribution in [3.63, 3.8) is 0 Å². The second kappa shape index (κ2) is 7.21. The van der Waals surface area contributed by atoms with E-state index >= 15 is 0 Å². The first-order valence-electron chi connectivity index (χ1n) is 9.33. The van der Waals surface area contributed by atoms with Crippen LogP contribution in [0.1, 0.15) is 37.3 Å². The van der Waals surface area contributed by atoms with Crippen LogP contribution in [0.15, 0.2) is 88.9 Å². The maximum Gasteiger partial charge on any atom is 0.139 e. The summed E-state index contributed by atoms with van der Waals surface area (Å²) in [6.07, 6.45) is 12.8. The molecule has 0 N–H and O–H groups in total. The Bertz CT molecular complexity index is 1010. The zero-order valence-electron chi connectivity index (χ0n) is 15.4. The molecule has 1 nitrogen and oxygen atoms in total. The monoisotopic (exact) mass is 340 g/mol. The Hall–Kier alpha value is -2.80. The van der Waals surface area contributed by atoms with Gasteiger partial charge < -0.3 is 4.42 Å². The van der Waals surface area contributed by atoms with Gasteiger partial charge in [0.25, 0.3) is 0 Å². The number of para-hydroxylation sites is 1. The molecule has 1 unspecified atom stereocenters. The third-order valence-electron chi connectivity index (χ3n) is 5.06. The number of hydrogen-bond acceptors (Lipinski definition) is 1. The Balaban J connectivity index is 0.000000178. The predicted octanol–water partition coefficient (Wildman–Crippen LogP) is 7.21. The smallest absolute Gasteiger partial charge is 0.139 e. The standard InChI is InChI=1S/C17H14O.C8H10/c1-11-10-12-6-2-3-7-13(12)17-16(11)14-8-4-5-9-15(14)18-17;1-8-6-4-2-3-5-7-8/h2-9,11H,10H2,1H3;2,4-7H,3H2,1H3. The summed E-state index contributed by atoms with van der Waals surface area (Å²) in [5, 5.41) is 1.27. The van der Waals surface area contributed by atoms with Gasteiger partial charge in [-0.25, -0.2) is 0 Å². The molecule has 2 aliphatic carbocycles. The fourth-order valence-electron chi connectivity index (χ4n) is 3.79. The summed E-state index contributed by atoms with van der Waals surface area (Å²) in [7, 11) is 0. The second-order valence-corrected chi connectivity index (χ2v) is 7.08. The molecule has 2 aromatic carbocycles. The van der Waals surface area contributed by atoms with Crippen LogP contribution < -0.4 is 0 Å². The van der Waals surface area contributed by atoms with Crippen LogP contribution in [0.3, 0.4) is 0 Å². The van der Waals surface area contributed by atoms with Gasteiger partial charge in [-0.05, 0) is 37.3 Å². The van der Waals surface area contributed by atoms with Gasteiger partial charge >= 0.3 is 0 Å². The van der Waals surface area contributed by atoms with E-state index < -0.39 is 0 Å². The van der Waals surface area contributed by atoms with Crippen molar-refractivity contribution in [3.05, 3.63) is 95.6 Å². The molecular formula is C25H24O. The number of furan rings is 1. The lowest BCUT2D eigenvalue weighted by molar-refractivity contribution is 0.609. The van der Waals surface area contributed by atoms with Crippen molar-refractivity contribution in [1.82, 2.24) is 0 Å². The maximum atomic E-state index is 6.09. The van der Waals surface area contributed by atoms with Gasteiger partial charge in [0.15, 0.2) is 0 Å². The minimum Gasteiger partial charge on any atom is -0.456 e. The van der Waals surface area contributed by atoms with E-state index in [2.05, 4.69) is 86.7 Å². The molecule has 130 valence electrons. The van der Waals surface area contributed by atoms with Crippen LogP contribution in [-0.2, 0) is 6.42 Å². The van der Waals surface area contributed by atoms with E-state index in [1.54, 1.807) is 0 Å². The Morgan fingerprint density at radius 2 is 1.77 bits per heavy atom. The highest BCUT2D eigenvalue weighted by Gasteiger charge is 2.27. The number of hydrogen-bond donors (Lipinski definition) is 0. The maximum absolute atomic E-state index is 6.09. The van der Waals surface area contributed by atoms with Gasteiger partial charge in [0.1, 0.15) is 11.3 Å². The van der Waals surface area contributed by atoms with Crippen LogP contribution in [0.4, 0.5) is 0 Å². The van der Waals surface area contributed by atoms with Gasteiger partial charge in [-0.3, -0.25) is 0 Å². The molecule has 0 spiro atoms. The van der Waals surface area contributed by atoms with Crippen LogP contribution in [0.25, 0.3) is 22.3 Å². The Morgan fingerprint density at radius 1 is 0.962 bits per heavy atom. The number of fused-ring (bicyclic) bond motifs is 5. The lowest BCUT2D eigenvalue weighted by Crippen LogP contribution is -2.06. The van der Waals surface area contributed by atoms with E-state index in [0.717, 1.165) is 24.2 Å². The van der Waals surface area contributed by atoms with Gasteiger partial charge in [0.2, 0.25) is 0 Å². The molecule has 2 aliphatic rings. The summed E-state index contributed by atoms with van der Waals surface area (Å²) in [5.41, 5.74) is 6.38. The normalized spacial score (nSPS) is 17.6. The second-order valence-electron chi connectivity index (χ2n) is 7.08. The zero-order chi connectivity index (χ0) is 17.9. The van der Waals surface area contributed by atoms with E-state index in [-0.39, 0.29) is 0 Å². The number of benzene rings is 2. The van der Waals surface area contributed by atoms with E-state index in [4.69, 9.17) is 4.42 Å². The number of allylic oxidation sites excluding steroid dienone is 6. The van der Waals surface area contributed by atoms with Crippen molar-refractivity contribution in [2.24, 2.45) is 0 Å². The SMILES string of the molecule is CC1=CC=CCC=C1.CC1Cc2ccccc2-c2oc3ccccc3c21. The molecule has 0 saturated heterocycles.